The number of carbonyl (C=O) groups is 1. The van der Waals surface area contributed by atoms with Gasteiger partial charge in [-0.25, -0.2) is 0 Å². The second-order valence-corrected chi connectivity index (χ2v) is 8.28. The summed E-state index contributed by atoms with van der Waals surface area (Å²) in [6.07, 6.45) is 1.86. The number of carbonyl (C=O) groups excluding carboxylic acids is 1. The zero-order chi connectivity index (χ0) is 22.0. The van der Waals surface area contributed by atoms with Crippen molar-refractivity contribution in [1.29, 1.82) is 5.26 Å². The third-order valence-electron chi connectivity index (χ3n) is 5.51. The lowest BCUT2D eigenvalue weighted by molar-refractivity contribution is -0.911. The highest BCUT2D eigenvalue weighted by Gasteiger charge is 2.40. The fourth-order valence-corrected chi connectivity index (χ4v) is 5.23. The van der Waals surface area contributed by atoms with Crippen molar-refractivity contribution in [2.75, 3.05) is 33.9 Å². The average Bonchev–Trinajstić information content (AvgIpc) is 3.31. The third-order valence-corrected chi connectivity index (χ3v) is 6.78. The lowest BCUT2D eigenvalue weighted by Gasteiger charge is -2.38. The van der Waals surface area contributed by atoms with E-state index in [4.69, 9.17) is 18.6 Å². The Morgan fingerprint density at radius 3 is 2.58 bits per heavy atom. The molecule has 1 N–H and O–H groups in total. The number of nitrogens with one attached hydrogen (secondary N) is 1. The van der Waals surface area contributed by atoms with Gasteiger partial charge in [0.05, 0.1) is 39.2 Å². The SMILES string of the molecule is COc1cc([C@@H]2CC(=O)N3C[NH+](Cc4ccco4)CSC3=C2C#N)cc(OC)c1OC. The van der Waals surface area contributed by atoms with Crippen molar-refractivity contribution in [2.24, 2.45) is 0 Å². The number of furan rings is 1. The molecule has 0 radical (unpaired) electrons. The smallest absolute Gasteiger partial charge is 0.232 e. The van der Waals surface area contributed by atoms with E-state index in [1.807, 2.05) is 24.3 Å². The highest BCUT2D eigenvalue weighted by Crippen LogP contribution is 2.45. The van der Waals surface area contributed by atoms with Crippen LogP contribution in [0.1, 0.15) is 23.7 Å². The van der Waals surface area contributed by atoms with Gasteiger partial charge in [0, 0.05) is 12.3 Å². The predicted molar refractivity (Wildman–Crippen MR) is 114 cm³/mol. The largest absolute Gasteiger partial charge is 0.493 e. The van der Waals surface area contributed by atoms with Gasteiger partial charge >= 0.3 is 0 Å². The summed E-state index contributed by atoms with van der Waals surface area (Å²) >= 11 is 1.54. The van der Waals surface area contributed by atoms with Gasteiger partial charge in [-0.05, 0) is 41.6 Å². The van der Waals surface area contributed by atoms with E-state index < -0.39 is 0 Å². The molecule has 9 heteroatoms. The fraction of sp³-hybridized carbons (Fsp3) is 0.364. The Morgan fingerprint density at radius 2 is 2.00 bits per heavy atom. The lowest BCUT2D eigenvalue weighted by Crippen LogP contribution is -3.12. The fourth-order valence-electron chi connectivity index (χ4n) is 4.03. The molecular weight excluding hydrogens is 418 g/mol. The number of methoxy groups -OCH3 is 3. The monoisotopic (exact) mass is 442 g/mol. The molecule has 1 amide bonds. The van der Waals surface area contributed by atoms with Crippen LogP contribution in [-0.2, 0) is 11.3 Å². The summed E-state index contributed by atoms with van der Waals surface area (Å²) in [5.74, 6) is 2.73. The molecule has 0 saturated carbocycles. The summed E-state index contributed by atoms with van der Waals surface area (Å²) in [6, 6.07) is 9.78. The minimum absolute atomic E-state index is 0.00287. The summed E-state index contributed by atoms with van der Waals surface area (Å²) < 4.78 is 21.8. The van der Waals surface area contributed by atoms with E-state index in [9.17, 15) is 10.1 Å². The van der Waals surface area contributed by atoms with Crippen molar-refractivity contribution in [3.63, 3.8) is 0 Å². The molecule has 1 aromatic carbocycles. The number of amides is 1. The van der Waals surface area contributed by atoms with Gasteiger partial charge in [-0.15, -0.1) is 0 Å². The first kappa shape index (κ1) is 21.2. The number of benzene rings is 1. The number of thioether (sulfide) groups is 1. The highest BCUT2D eigenvalue weighted by atomic mass is 32.2. The number of hydrogen-bond donors (Lipinski definition) is 1. The normalized spacial score (nSPS) is 20.8. The van der Waals surface area contributed by atoms with Gasteiger partial charge in [-0.2, -0.15) is 5.26 Å². The molecule has 0 spiro atoms. The first-order valence-electron chi connectivity index (χ1n) is 9.82. The number of quaternary nitrogens is 1. The number of hydrogen-bond acceptors (Lipinski definition) is 7. The van der Waals surface area contributed by atoms with Gasteiger partial charge in [0.15, 0.2) is 23.9 Å². The van der Waals surface area contributed by atoms with Gasteiger partial charge in [0.25, 0.3) is 0 Å². The van der Waals surface area contributed by atoms with Crippen LogP contribution >= 0.6 is 11.8 Å². The third kappa shape index (κ3) is 3.96. The summed E-state index contributed by atoms with van der Waals surface area (Å²) in [4.78, 5) is 16.0. The molecule has 0 bridgehead atoms. The number of nitriles is 1. The first-order valence-corrected chi connectivity index (χ1v) is 10.8. The van der Waals surface area contributed by atoms with Crippen molar-refractivity contribution in [3.05, 3.63) is 52.5 Å². The van der Waals surface area contributed by atoms with Crippen LogP contribution in [0.15, 0.2) is 45.5 Å². The standard InChI is InChI=1S/C22H23N3O5S/c1-27-18-7-14(8-19(28-2)21(18)29-3)16-9-20(26)25-12-24(11-15-5-4-6-30-15)13-31-22(25)17(16)10-23/h4-8,16H,9,11-13H2,1-3H3/p+1/t16-/m0/s1. The van der Waals surface area contributed by atoms with Crippen molar-refractivity contribution in [1.82, 2.24) is 4.90 Å². The molecule has 8 nitrogen and oxygen atoms in total. The number of ether oxygens (including phenoxy) is 3. The summed E-state index contributed by atoms with van der Waals surface area (Å²) in [7, 11) is 4.64. The molecule has 31 heavy (non-hydrogen) atoms. The van der Waals surface area contributed by atoms with Crippen molar-refractivity contribution >= 4 is 17.7 Å². The molecule has 4 rings (SSSR count). The molecule has 1 aromatic heterocycles. The molecule has 1 saturated heterocycles. The Kier molecular flexibility index (Phi) is 6.11. The van der Waals surface area contributed by atoms with Crippen LogP contribution in [0.4, 0.5) is 0 Å². The van der Waals surface area contributed by atoms with E-state index in [0.29, 0.717) is 36.0 Å². The number of allylic oxidation sites excluding steroid dienone is 1. The van der Waals surface area contributed by atoms with Gasteiger partial charge in [0.2, 0.25) is 11.7 Å². The zero-order valence-electron chi connectivity index (χ0n) is 17.6. The van der Waals surface area contributed by atoms with Crippen molar-refractivity contribution in [3.8, 4) is 23.3 Å². The van der Waals surface area contributed by atoms with Gasteiger partial charge in [0.1, 0.15) is 17.5 Å². The highest BCUT2D eigenvalue weighted by molar-refractivity contribution is 8.02. The van der Waals surface area contributed by atoms with Crippen LogP contribution in [0, 0.1) is 11.3 Å². The summed E-state index contributed by atoms with van der Waals surface area (Å²) in [5.41, 5.74) is 1.38. The molecular formula is C22H24N3O5S+. The van der Waals surface area contributed by atoms with Gasteiger partial charge in [-0.3, -0.25) is 9.69 Å². The molecule has 0 aliphatic carbocycles. The second-order valence-electron chi connectivity index (χ2n) is 7.32. The van der Waals surface area contributed by atoms with E-state index in [2.05, 4.69) is 6.07 Å². The van der Waals surface area contributed by atoms with E-state index >= 15 is 0 Å². The van der Waals surface area contributed by atoms with Crippen LogP contribution in [-0.4, -0.2) is 44.7 Å². The molecule has 3 heterocycles. The minimum Gasteiger partial charge on any atom is -0.493 e. The predicted octanol–water partition coefficient (Wildman–Crippen LogP) is 2.10. The van der Waals surface area contributed by atoms with Crippen LogP contribution in [0.5, 0.6) is 17.2 Å². The number of fused-ring (bicyclic) bond motifs is 1. The molecule has 2 aromatic rings. The van der Waals surface area contributed by atoms with Crippen molar-refractivity contribution in [2.45, 2.75) is 18.9 Å². The number of rotatable bonds is 6. The maximum absolute atomic E-state index is 13.1. The van der Waals surface area contributed by atoms with E-state index in [-0.39, 0.29) is 18.2 Å². The van der Waals surface area contributed by atoms with E-state index in [1.165, 1.54) is 16.7 Å². The summed E-state index contributed by atoms with van der Waals surface area (Å²) in [5, 5.41) is 10.7. The van der Waals surface area contributed by atoms with E-state index in [0.717, 1.165) is 22.2 Å². The van der Waals surface area contributed by atoms with E-state index in [1.54, 1.807) is 32.5 Å². The topological polar surface area (TPSA) is 89.4 Å². The average molecular weight is 443 g/mol. The Hall–Kier alpha value is -3.09. The zero-order valence-corrected chi connectivity index (χ0v) is 18.5. The second kappa shape index (κ2) is 8.96. The molecule has 1 unspecified atom stereocenters. The van der Waals surface area contributed by atoms with Crippen LogP contribution in [0.2, 0.25) is 0 Å². The Balaban J connectivity index is 1.67. The quantitative estimate of drug-likeness (QED) is 0.733. The van der Waals surface area contributed by atoms with Crippen molar-refractivity contribution < 1.29 is 28.3 Å². The van der Waals surface area contributed by atoms with Crippen LogP contribution in [0.3, 0.4) is 0 Å². The maximum Gasteiger partial charge on any atom is 0.232 e. The minimum atomic E-state index is -0.364. The molecule has 162 valence electrons. The summed E-state index contributed by atoms with van der Waals surface area (Å²) in [6.45, 7) is 1.20. The van der Waals surface area contributed by atoms with Gasteiger partial charge < -0.3 is 23.5 Å². The van der Waals surface area contributed by atoms with Crippen LogP contribution in [0.25, 0.3) is 0 Å². The van der Waals surface area contributed by atoms with Crippen LogP contribution < -0.4 is 19.1 Å². The Bertz CT molecular complexity index is 1020. The Labute approximate surface area is 184 Å². The lowest BCUT2D eigenvalue weighted by atomic mass is 9.86. The maximum atomic E-state index is 13.1. The molecule has 2 atom stereocenters. The first-order chi connectivity index (χ1) is 15.1. The molecule has 1 fully saturated rings. The molecule has 2 aliphatic heterocycles. The Morgan fingerprint density at radius 1 is 1.26 bits per heavy atom. The molecule has 2 aliphatic rings. The number of nitrogens with zero attached hydrogens (tertiary/aromatic N) is 2. The van der Waals surface area contributed by atoms with Gasteiger partial charge in [-0.1, -0.05) is 0 Å².